The first-order valence-corrected chi connectivity index (χ1v) is 19.4. The maximum atomic E-state index is 2.40. The molecule has 0 aliphatic heterocycles. The Balaban J connectivity index is 1.07. The number of thiophene rings is 1. The summed E-state index contributed by atoms with van der Waals surface area (Å²) in [5.74, 6) is 0. The highest BCUT2D eigenvalue weighted by Crippen LogP contribution is 2.51. The van der Waals surface area contributed by atoms with Crippen molar-refractivity contribution in [3.8, 4) is 22.3 Å². The first kappa shape index (κ1) is 32.2. The number of hydrogen-bond acceptors (Lipinski definition) is 3. The highest BCUT2D eigenvalue weighted by Gasteiger charge is 2.35. The number of para-hydroxylation sites is 2. The fraction of sp³-hybridized carbons (Fsp3) is 0.0588. The summed E-state index contributed by atoms with van der Waals surface area (Å²) in [4.78, 5) is 4.75. The molecule has 2 nitrogen and oxygen atoms in total. The lowest BCUT2D eigenvalue weighted by molar-refractivity contribution is 0.660. The summed E-state index contributed by atoms with van der Waals surface area (Å²) >= 11 is 1.88. The molecule has 0 saturated heterocycles. The van der Waals surface area contributed by atoms with Crippen molar-refractivity contribution in [3.05, 3.63) is 205 Å². The molecule has 1 aliphatic rings. The van der Waals surface area contributed by atoms with Gasteiger partial charge in [0.25, 0.3) is 0 Å². The van der Waals surface area contributed by atoms with Crippen LogP contribution in [-0.4, -0.2) is 0 Å². The summed E-state index contributed by atoms with van der Waals surface area (Å²) < 4.78 is 2.66. The van der Waals surface area contributed by atoms with Gasteiger partial charge >= 0.3 is 0 Å². The van der Waals surface area contributed by atoms with Crippen molar-refractivity contribution >= 4 is 65.6 Å². The molecule has 10 rings (SSSR count). The number of rotatable bonds is 7. The van der Waals surface area contributed by atoms with Crippen LogP contribution in [0.15, 0.2) is 194 Å². The molecule has 0 fully saturated rings. The van der Waals surface area contributed by atoms with Gasteiger partial charge < -0.3 is 9.80 Å². The van der Waals surface area contributed by atoms with Crippen LogP contribution in [0.4, 0.5) is 34.1 Å². The minimum Gasteiger partial charge on any atom is -0.310 e. The predicted octanol–water partition coefficient (Wildman–Crippen LogP) is 15.0. The van der Waals surface area contributed by atoms with Gasteiger partial charge in [-0.2, -0.15) is 0 Å². The van der Waals surface area contributed by atoms with Crippen LogP contribution in [0.5, 0.6) is 0 Å². The molecule has 258 valence electrons. The van der Waals surface area contributed by atoms with Crippen molar-refractivity contribution < 1.29 is 0 Å². The molecule has 0 saturated carbocycles. The van der Waals surface area contributed by atoms with Crippen LogP contribution in [-0.2, 0) is 5.41 Å². The van der Waals surface area contributed by atoms with Gasteiger partial charge in [0.15, 0.2) is 0 Å². The number of hydrogen-bond donors (Lipinski definition) is 0. The zero-order valence-electron chi connectivity index (χ0n) is 30.3. The van der Waals surface area contributed by atoms with E-state index in [-0.39, 0.29) is 5.41 Å². The lowest BCUT2D eigenvalue weighted by Gasteiger charge is -2.30. The molecule has 3 heteroatoms. The van der Waals surface area contributed by atoms with E-state index in [9.17, 15) is 0 Å². The van der Waals surface area contributed by atoms with Gasteiger partial charge in [0, 0.05) is 59.7 Å². The molecule has 9 aromatic rings. The van der Waals surface area contributed by atoms with Crippen LogP contribution >= 0.6 is 11.3 Å². The van der Waals surface area contributed by atoms with E-state index in [1.54, 1.807) is 0 Å². The average molecular weight is 711 g/mol. The second-order valence-electron chi connectivity index (χ2n) is 14.6. The normalized spacial score (nSPS) is 12.8. The molecule has 0 unspecified atom stereocenters. The molecule has 0 radical (unpaired) electrons. The minimum absolute atomic E-state index is 0.0924. The molecule has 0 bridgehead atoms. The van der Waals surface area contributed by atoms with Gasteiger partial charge in [0.1, 0.15) is 0 Å². The van der Waals surface area contributed by atoms with Gasteiger partial charge in [0.2, 0.25) is 0 Å². The fourth-order valence-corrected chi connectivity index (χ4v) is 9.65. The van der Waals surface area contributed by atoms with Gasteiger partial charge in [0.05, 0.1) is 0 Å². The molecule has 1 aromatic heterocycles. The Bertz CT molecular complexity index is 2800. The molecule has 0 amide bonds. The summed E-state index contributed by atoms with van der Waals surface area (Å²) in [5, 5.41) is 2.64. The van der Waals surface area contributed by atoms with E-state index in [2.05, 4.69) is 218 Å². The summed E-state index contributed by atoms with van der Waals surface area (Å²) in [7, 11) is 0. The van der Waals surface area contributed by atoms with Crippen LogP contribution in [0.2, 0.25) is 0 Å². The van der Waals surface area contributed by atoms with E-state index in [0.717, 1.165) is 34.1 Å². The second-order valence-corrected chi connectivity index (χ2v) is 15.6. The molecule has 0 atom stereocenters. The number of fused-ring (bicyclic) bond motifs is 6. The lowest BCUT2D eigenvalue weighted by Crippen LogP contribution is -2.17. The predicted molar refractivity (Wildman–Crippen MR) is 232 cm³/mol. The number of benzene rings is 8. The monoisotopic (exact) mass is 710 g/mol. The Labute approximate surface area is 320 Å². The van der Waals surface area contributed by atoms with Gasteiger partial charge in [-0.1, -0.05) is 135 Å². The third kappa shape index (κ3) is 5.31. The van der Waals surface area contributed by atoms with E-state index >= 15 is 0 Å². The Hall–Kier alpha value is -6.42. The number of anilines is 6. The summed E-state index contributed by atoms with van der Waals surface area (Å²) in [5.41, 5.74) is 14.5. The molecule has 1 heterocycles. The Morgan fingerprint density at radius 3 is 1.61 bits per heavy atom. The second kappa shape index (κ2) is 12.9. The van der Waals surface area contributed by atoms with E-state index in [0.29, 0.717) is 0 Å². The Morgan fingerprint density at radius 1 is 0.370 bits per heavy atom. The summed E-state index contributed by atoms with van der Waals surface area (Å²) in [6.07, 6.45) is 0. The van der Waals surface area contributed by atoms with E-state index in [1.165, 1.54) is 53.6 Å². The van der Waals surface area contributed by atoms with E-state index < -0.39 is 0 Å². The largest absolute Gasteiger partial charge is 0.310 e. The molecule has 0 spiro atoms. The number of nitrogens with zero attached hydrogens (tertiary/aromatic N) is 2. The molecule has 54 heavy (non-hydrogen) atoms. The zero-order chi connectivity index (χ0) is 36.2. The fourth-order valence-electron chi connectivity index (χ4n) is 8.42. The van der Waals surface area contributed by atoms with E-state index in [4.69, 9.17) is 0 Å². The maximum absolute atomic E-state index is 2.40. The molecule has 8 aromatic carbocycles. The molecular weight excluding hydrogens is 673 g/mol. The topological polar surface area (TPSA) is 6.48 Å². The Kier molecular flexibility index (Phi) is 7.71. The summed E-state index contributed by atoms with van der Waals surface area (Å²) in [6, 6.07) is 70.7. The first-order valence-electron chi connectivity index (χ1n) is 18.6. The zero-order valence-corrected chi connectivity index (χ0v) is 31.1. The third-order valence-corrected chi connectivity index (χ3v) is 12.3. The SMILES string of the molecule is CC1(C)c2ccccc2-c2ccc(N(c3ccccc3)c3cccc(N(c4ccccc4)c4ccc(-c5cccc6c5sc5ccccc56)cc4)c3)cc21. The Morgan fingerprint density at radius 2 is 0.870 bits per heavy atom. The maximum Gasteiger partial charge on any atom is 0.0482 e. The highest BCUT2D eigenvalue weighted by molar-refractivity contribution is 7.26. The standard InChI is InChI=1S/C51H38N2S/c1-51(2)47-25-11-9-21-43(47)44-32-31-41(34-48(44)51)53(37-17-7-4-8-18-37)40-20-13-19-39(33-40)52(36-15-5-3-6-16-36)38-29-27-35(28-30-38)42-23-14-24-46-45-22-10-12-26-49(45)54-50(42)46/h3-34H,1-2H3. The highest BCUT2D eigenvalue weighted by atomic mass is 32.1. The summed E-state index contributed by atoms with van der Waals surface area (Å²) in [6.45, 7) is 4.70. The third-order valence-electron chi connectivity index (χ3n) is 11.0. The smallest absolute Gasteiger partial charge is 0.0482 e. The van der Waals surface area contributed by atoms with Crippen LogP contribution in [0.25, 0.3) is 42.4 Å². The minimum atomic E-state index is -0.0924. The van der Waals surface area contributed by atoms with Gasteiger partial charge in [-0.3, -0.25) is 0 Å². The van der Waals surface area contributed by atoms with Gasteiger partial charge in [-0.25, -0.2) is 0 Å². The van der Waals surface area contributed by atoms with Crippen molar-refractivity contribution in [2.45, 2.75) is 19.3 Å². The van der Waals surface area contributed by atoms with Crippen LogP contribution < -0.4 is 9.80 Å². The van der Waals surface area contributed by atoms with Crippen LogP contribution in [0.1, 0.15) is 25.0 Å². The van der Waals surface area contributed by atoms with Crippen LogP contribution in [0, 0.1) is 0 Å². The van der Waals surface area contributed by atoms with Crippen molar-refractivity contribution in [3.63, 3.8) is 0 Å². The van der Waals surface area contributed by atoms with Gasteiger partial charge in [-0.05, 0) is 106 Å². The lowest BCUT2D eigenvalue weighted by atomic mass is 9.82. The molecule has 1 aliphatic carbocycles. The van der Waals surface area contributed by atoms with Crippen molar-refractivity contribution in [2.24, 2.45) is 0 Å². The quantitative estimate of drug-likeness (QED) is 0.162. The van der Waals surface area contributed by atoms with Crippen molar-refractivity contribution in [2.75, 3.05) is 9.80 Å². The van der Waals surface area contributed by atoms with E-state index in [1.807, 2.05) is 11.3 Å². The molecular formula is C51H38N2S. The van der Waals surface area contributed by atoms with Crippen LogP contribution in [0.3, 0.4) is 0 Å². The average Bonchev–Trinajstić information content (AvgIpc) is 3.71. The van der Waals surface area contributed by atoms with Crippen molar-refractivity contribution in [1.29, 1.82) is 0 Å². The molecule has 0 N–H and O–H groups in total. The van der Waals surface area contributed by atoms with Gasteiger partial charge in [-0.15, -0.1) is 11.3 Å². The van der Waals surface area contributed by atoms with Crippen molar-refractivity contribution in [1.82, 2.24) is 0 Å². The first-order chi connectivity index (χ1) is 26.5.